The summed E-state index contributed by atoms with van der Waals surface area (Å²) in [6, 6.07) is 14.2. The minimum absolute atomic E-state index is 0.203. The van der Waals surface area contributed by atoms with Crippen molar-refractivity contribution in [3.05, 3.63) is 64.1 Å². The maximum Gasteiger partial charge on any atom is 0.257 e. The van der Waals surface area contributed by atoms with Gasteiger partial charge in [0.05, 0.1) is 24.8 Å². The summed E-state index contributed by atoms with van der Waals surface area (Å²) in [5.41, 5.74) is 1.23. The first-order valence-electron chi connectivity index (χ1n) is 7.29. The minimum atomic E-state index is -0.761. The number of hydrogen-bond donors (Lipinski definition) is 1. The predicted molar refractivity (Wildman–Crippen MR) is 93.7 cm³/mol. The van der Waals surface area contributed by atoms with Crippen LogP contribution in [0, 0.1) is 0 Å². The highest BCUT2D eigenvalue weighted by atomic mass is 79.9. The molecule has 2 rings (SSSR count). The Hall–Kier alpha value is -1.85. The van der Waals surface area contributed by atoms with Gasteiger partial charge in [-0.2, -0.15) is 0 Å². The molecule has 0 aliphatic carbocycles. The van der Waals surface area contributed by atoms with Gasteiger partial charge in [0.1, 0.15) is 5.75 Å². The lowest BCUT2D eigenvalue weighted by Crippen LogP contribution is -2.39. The fraction of sp³-hybridized carbons (Fsp3) is 0.278. The van der Waals surface area contributed by atoms with Crippen LogP contribution < -0.4 is 4.74 Å². The first-order valence-corrected chi connectivity index (χ1v) is 8.08. The lowest BCUT2D eigenvalue weighted by atomic mass is 10.0. The Balaban J connectivity index is 2.24. The van der Waals surface area contributed by atoms with Crippen molar-refractivity contribution >= 4 is 21.8 Å². The van der Waals surface area contributed by atoms with Gasteiger partial charge < -0.3 is 14.7 Å². The molecule has 1 N–H and O–H groups in total. The molecular formula is C18H20BrNO3. The van der Waals surface area contributed by atoms with Gasteiger partial charge in [0.25, 0.3) is 5.91 Å². The zero-order chi connectivity index (χ0) is 17.0. The van der Waals surface area contributed by atoms with Crippen LogP contribution in [0.5, 0.6) is 5.75 Å². The van der Waals surface area contributed by atoms with Gasteiger partial charge in [-0.15, -0.1) is 0 Å². The van der Waals surface area contributed by atoms with E-state index in [1.165, 1.54) is 12.0 Å². The molecule has 0 spiro atoms. The summed E-state index contributed by atoms with van der Waals surface area (Å²) >= 11 is 3.37. The second kappa shape index (κ2) is 7.62. The topological polar surface area (TPSA) is 49.8 Å². The molecule has 2 aromatic carbocycles. The Labute approximate surface area is 144 Å². The van der Waals surface area contributed by atoms with E-state index in [0.29, 0.717) is 11.3 Å². The summed E-state index contributed by atoms with van der Waals surface area (Å²) < 4.78 is 6.06. The second-order valence-corrected chi connectivity index (χ2v) is 6.27. The molecular weight excluding hydrogens is 358 g/mol. The van der Waals surface area contributed by atoms with Crippen LogP contribution in [-0.2, 0) is 0 Å². The molecule has 122 valence electrons. The van der Waals surface area contributed by atoms with Crippen LogP contribution in [0.25, 0.3) is 0 Å². The molecule has 5 heteroatoms. The molecule has 0 radical (unpaired) electrons. The zero-order valence-corrected chi connectivity index (χ0v) is 14.9. The van der Waals surface area contributed by atoms with Gasteiger partial charge in [0, 0.05) is 11.5 Å². The Morgan fingerprint density at radius 2 is 1.87 bits per heavy atom. The summed E-state index contributed by atoms with van der Waals surface area (Å²) in [5, 5.41) is 10.5. The molecule has 0 bridgehead atoms. The van der Waals surface area contributed by atoms with Crippen molar-refractivity contribution in [3.8, 4) is 5.75 Å². The second-order valence-electron chi connectivity index (χ2n) is 5.36. The van der Waals surface area contributed by atoms with Crippen molar-refractivity contribution in [2.45, 2.75) is 19.1 Å². The first-order chi connectivity index (χ1) is 11.0. The van der Waals surface area contributed by atoms with Gasteiger partial charge in [0.2, 0.25) is 0 Å². The number of likely N-dealkylation sites (N-methyl/N-ethyl adjacent to an activating group) is 1. The van der Waals surface area contributed by atoms with Crippen LogP contribution in [0.1, 0.15) is 28.9 Å². The normalized spacial score (nSPS) is 13.3. The molecule has 1 amide bonds. The van der Waals surface area contributed by atoms with Crippen molar-refractivity contribution in [3.63, 3.8) is 0 Å². The standard InChI is InChI=1S/C18H20BrNO3/c1-12(17(21)13-7-5-4-6-8-13)20(2)18(22)15-11-14(19)9-10-16(15)23-3/h4-12,17,21H,1-3H3. The average molecular weight is 378 g/mol. The van der Waals surface area contributed by atoms with Crippen LogP contribution in [0.3, 0.4) is 0 Å². The van der Waals surface area contributed by atoms with Gasteiger partial charge >= 0.3 is 0 Å². The van der Waals surface area contributed by atoms with E-state index in [0.717, 1.165) is 10.0 Å². The molecule has 0 aliphatic rings. The average Bonchev–Trinajstić information content (AvgIpc) is 2.59. The van der Waals surface area contributed by atoms with E-state index in [1.807, 2.05) is 43.3 Å². The van der Waals surface area contributed by atoms with Gasteiger partial charge in [-0.25, -0.2) is 0 Å². The monoisotopic (exact) mass is 377 g/mol. The maximum atomic E-state index is 12.8. The van der Waals surface area contributed by atoms with Gasteiger partial charge in [-0.1, -0.05) is 46.3 Å². The molecule has 2 aromatic rings. The van der Waals surface area contributed by atoms with E-state index in [4.69, 9.17) is 4.74 Å². The third-order valence-corrected chi connectivity index (χ3v) is 4.41. The zero-order valence-electron chi connectivity index (χ0n) is 13.4. The molecule has 0 aliphatic heterocycles. The Morgan fingerprint density at radius 3 is 2.48 bits per heavy atom. The quantitative estimate of drug-likeness (QED) is 0.864. The van der Waals surface area contributed by atoms with Crippen LogP contribution >= 0.6 is 15.9 Å². The molecule has 0 saturated heterocycles. The molecule has 23 heavy (non-hydrogen) atoms. The number of aliphatic hydroxyl groups excluding tert-OH is 1. The van der Waals surface area contributed by atoms with E-state index in [-0.39, 0.29) is 11.9 Å². The van der Waals surface area contributed by atoms with Crippen molar-refractivity contribution in [1.82, 2.24) is 4.90 Å². The molecule has 0 heterocycles. The number of amides is 1. The number of carbonyl (C=O) groups is 1. The third kappa shape index (κ3) is 3.92. The smallest absolute Gasteiger partial charge is 0.257 e. The van der Waals surface area contributed by atoms with E-state index < -0.39 is 6.10 Å². The number of carbonyl (C=O) groups excluding carboxylic acids is 1. The van der Waals surface area contributed by atoms with Gasteiger partial charge in [0.15, 0.2) is 0 Å². The van der Waals surface area contributed by atoms with E-state index >= 15 is 0 Å². The van der Waals surface area contributed by atoms with E-state index in [1.54, 1.807) is 19.2 Å². The Bertz CT molecular complexity index is 675. The number of halogens is 1. The predicted octanol–water partition coefficient (Wildman–Crippen LogP) is 3.65. The fourth-order valence-electron chi connectivity index (χ4n) is 2.36. The highest BCUT2D eigenvalue weighted by Crippen LogP contribution is 2.27. The molecule has 0 saturated carbocycles. The number of methoxy groups -OCH3 is 1. The SMILES string of the molecule is COc1ccc(Br)cc1C(=O)N(C)C(C)C(O)c1ccccc1. The van der Waals surface area contributed by atoms with Crippen molar-refractivity contribution in [1.29, 1.82) is 0 Å². The number of rotatable bonds is 5. The molecule has 2 unspecified atom stereocenters. The largest absolute Gasteiger partial charge is 0.496 e. The Morgan fingerprint density at radius 1 is 1.22 bits per heavy atom. The Kier molecular flexibility index (Phi) is 5.80. The summed E-state index contributed by atoms with van der Waals surface area (Å²) in [6.45, 7) is 1.82. The number of benzene rings is 2. The molecule has 2 atom stereocenters. The highest BCUT2D eigenvalue weighted by molar-refractivity contribution is 9.10. The lowest BCUT2D eigenvalue weighted by Gasteiger charge is -2.29. The minimum Gasteiger partial charge on any atom is -0.496 e. The number of hydrogen-bond acceptors (Lipinski definition) is 3. The molecule has 0 aromatic heterocycles. The molecule has 0 fully saturated rings. The van der Waals surface area contributed by atoms with Gasteiger partial charge in [-0.3, -0.25) is 4.79 Å². The summed E-state index contributed by atoms with van der Waals surface area (Å²) in [7, 11) is 3.21. The number of nitrogens with zero attached hydrogens (tertiary/aromatic N) is 1. The molecule has 4 nitrogen and oxygen atoms in total. The number of aliphatic hydroxyl groups is 1. The van der Waals surface area contributed by atoms with E-state index in [9.17, 15) is 9.90 Å². The van der Waals surface area contributed by atoms with Crippen molar-refractivity contribution < 1.29 is 14.6 Å². The summed E-state index contributed by atoms with van der Waals surface area (Å²) in [5.74, 6) is 0.303. The summed E-state index contributed by atoms with van der Waals surface area (Å²) in [4.78, 5) is 14.3. The van der Waals surface area contributed by atoms with Crippen LogP contribution in [-0.4, -0.2) is 36.1 Å². The number of ether oxygens (including phenoxy) is 1. The van der Waals surface area contributed by atoms with Crippen LogP contribution in [0.15, 0.2) is 53.0 Å². The first kappa shape index (κ1) is 17.5. The van der Waals surface area contributed by atoms with Crippen LogP contribution in [0.2, 0.25) is 0 Å². The highest BCUT2D eigenvalue weighted by Gasteiger charge is 2.26. The van der Waals surface area contributed by atoms with Gasteiger partial charge in [-0.05, 0) is 30.7 Å². The van der Waals surface area contributed by atoms with E-state index in [2.05, 4.69) is 15.9 Å². The van der Waals surface area contributed by atoms with Crippen LogP contribution in [0.4, 0.5) is 0 Å². The third-order valence-electron chi connectivity index (χ3n) is 3.92. The van der Waals surface area contributed by atoms with Crippen molar-refractivity contribution in [2.24, 2.45) is 0 Å². The summed E-state index contributed by atoms with van der Waals surface area (Å²) in [6.07, 6.45) is -0.761. The van der Waals surface area contributed by atoms with Crippen molar-refractivity contribution in [2.75, 3.05) is 14.2 Å². The lowest BCUT2D eigenvalue weighted by molar-refractivity contribution is 0.0484. The fourth-order valence-corrected chi connectivity index (χ4v) is 2.72. The maximum absolute atomic E-state index is 12.8.